The van der Waals surface area contributed by atoms with Crippen LogP contribution in [0, 0.1) is 0 Å². The first-order valence-electron chi connectivity index (χ1n) is 7.65. The van der Waals surface area contributed by atoms with Gasteiger partial charge >= 0.3 is 0 Å². The minimum absolute atomic E-state index is 0.0721. The molecule has 0 aromatic heterocycles. The Balaban J connectivity index is 1.67. The molecular formula is C18H18N2O4. The standard InChI is InChI=1S/C18H18N2O4/c1-11(2)19-17(21)12-3-6-14(7-4-12)20-18(22)13-5-8-15-16(9-13)24-10-23-15/h3-9,11H,10H2,1-2H3,(H,19,21)(H,20,22). The summed E-state index contributed by atoms with van der Waals surface area (Å²) in [6.45, 7) is 3.97. The van der Waals surface area contributed by atoms with Crippen molar-refractivity contribution in [3.8, 4) is 11.5 Å². The van der Waals surface area contributed by atoms with Gasteiger partial charge in [-0.25, -0.2) is 0 Å². The zero-order valence-electron chi connectivity index (χ0n) is 13.5. The Morgan fingerprint density at radius 1 is 0.917 bits per heavy atom. The number of carbonyl (C=O) groups excluding carboxylic acids is 2. The van der Waals surface area contributed by atoms with Crippen LogP contribution >= 0.6 is 0 Å². The lowest BCUT2D eigenvalue weighted by atomic mass is 10.1. The molecule has 2 aromatic rings. The van der Waals surface area contributed by atoms with Gasteiger partial charge in [-0.3, -0.25) is 9.59 Å². The maximum Gasteiger partial charge on any atom is 0.255 e. The van der Waals surface area contributed by atoms with Gasteiger partial charge in [0.25, 0.3) is 11.8 Å². The molecule has 3 rings (SSSR count). The normalized spacial score (nSPS) is 12.1. The average molecular weight is 326 g/mol. The number of fused-ring (bicyclic) bond motifs is 1. The lowest BCUT2D eigenvalue weighted by Crippen LogP contribution is -2.30. The zero-order chi connectivity index (χ0) is 17.1. The van der Waals surface area contributed by atoms with Crippen molar-refractivity contribution in [2.24, 2.45) is 0 Å². The summed E-state index contributed by atoms with van der Waals surface area (Å²) in [5.41, 5.74) is 1.63. The lowest BCUT2D eigenvalue weighted by Gasteiger charge is -2.09. The fourth-order valence-electron chi connectivity index (χ4n) is 2.29. The van der Waals surface area contributed by atoms with Crippen LogP contribution in [0.2, 0.25) is 0 Å². The van der Waals surface area contributed by atoms with Gasteiger partial charge in [-0.1, -0.05) is 0 Å². The molecule has 1 aliphatic heterocycles. The van der Waals surface area contributed by atoms with Gasteiger partial charge in [0.2, 0.25) is 6.79 Å². The van der Waals surface area contributed by atoms with E-state index >= 15 is 0 Å². The molecule has 24 heavy (non-hydrogen) atoms. The predicted octanol–water partition coefficient (Wildman–Crippen LogP) is 2.81. The summed E-state index contributed by atoms with van der Waals surface area (Å²) < 4.78 is 10.5. The second-order valence-electron chi connectivity index (χ2n) is 5.73. The number of carbonyl (C=O) groups is 2. The third-order valence-electron chi connectivity index (χ3n) is 3.46. The SMILES string of the molecule is CC(C)NC(=O)c1ccc(NC(=O)c2ccc3c(c2)OCO3)cc1. The highest BCUT2D eigenvalue weighted by molar-refractivity contribution is 6.05. The van der Waals surface area contributed by atoms with Crippen molar-refractivity contribution in [1.82, 2.24) is 5.32 Å². The Morgan fingerprint density at radius 2 is 1.58 bits per heavy atom. The van der Waals surface area contributed by atoms with Crippen molar-refractivity contribution in [3.63, 3.8) is 0 Å². The Morgan fingerprint density at radius 3 is 2.29 bits per heavy atom. The fourth-order valence-corrected chi connectivity index (χ4v) is 2.29. The average Bonchev–Trinajstić information content (AvgIpc) is 3.02. The maximum absolute atomic E-state index is 12.3. The summed E-state index contributed by atoms with van der Waals surface area (Å²) >= 11 is 0. The highest BCUT2D eigenvalue weighted by atomic mass is 16.7. The van der Waals surface area contributed by atoms with Crippen LogP contribution in [0.3, 0.4) is 0 Å². The van der Waals surface area contributed by atoms with E-state index in [4.69, 9.17) is 9.47 Å². The zero-order valence-corrected chi connectivity index (χ0v) is 13.5. The van der Waals surface area contributed by atoms with Crippen LogP contribution in [0.25, 0.3) is 0 Å². The number of rotatable bonds is 4. The third kappa shape index (κ3) is 3.48. The van der Waals surface area contributed by atoms with Gasteiger partial charge in [0.15, 0.2) is 11.5 Å². The monoisotopic (exact) mass is 326 g/mol. The van der Waals surface area contributed by atoms with E-state index in [-0.39, 0.29) is 24.6 Å². The van der Waals surface area contributed by atoms with E-state index in [1.807, 2.05) is 13.8 Å². The summed E-state index contributed by atoms with van der Waals surface area (Å²) in [6.07, 6.45) is 0. The van der Waals surface area contributed by atoms with Crippen LogP contribution in [-0.4, -0.2) is 24.6 Å². The van der Waals surface area contributed by atoms with Crippen molar-refractivity contribution in [3.05, 3.63) is 53.6 Å². The molecule has 2 aromatic carbocycles. The van der Waals surface area contributed by atoms with Gasteiger partial charge < -0.3 is 20.1 Å². The molecule has 0 aliphatic carbocycles. The van der Waals surface area contributed by atoms with Crippen molar-refractivity contribution < 1.29 is 19.1 Å². The van der Waals surface area contributed by atoms with E-state index in [9.17, 15) is 9.59 Å². The molecule has 6 heteroatoms. The van der Waals surface area contributed by atoms with Crippen LogP contribution in [0.1, 0.15) is 34.6 Å². The summed E-state index contributed by atoms with van der Waals surface area (Å²) in [6, 6.07) is 11.8. The van der Waals surface area contributed by atoms with E-state index in [2.05, 4.69) is 10.6 Å². The van der Waals surface area contributed by atoms with Gasteiger partial charge in [-0.15, -0.1) is 0 Å². The molecule has 2 N–H and O–H groups in total. The van der Waals surface area contributed by atoms with Crippen LogP contribution in [-0.2, 0) is 0 Å². The highest BCUT2D eigenvalue weighted by Gasteiger charge is 2.16. The number of hydrogen-bond donors (Lipinski definition) is 2. The third-order valence-corrected chi connectivity index (χ3v) is 3.46. The minimum atomic E-state index is -0.257. The summed E-state index contributed by atoms with van der Waals surface area (Å²) in [5.74, 6) is 0.793. The van der Waals surface area contributed by atoms with Crippen LogP contribution in [0.15, 0.2) is 42.5 Å². The fraction of sp³-hybridized carbons (Fsp3) is 0.222. The van der Waals surface area contributed by atoms with Crippen LogP contribution < -0.4 is 20.1 Å². The van der Waals surface area contributed by atoms with E-state index in [1.54, 1.807) is 42.5 Å². The molecule has 1 aliphatic rings. The predicted molar refractivity (Wildman–Crippen MR) is 89.6 cm³/mol. The van der Waals surface area contributed by atoms with E-state index < -0.39 is 0 Å². The second kappa shape index (κ2) is 6.62. The van der Waals surface area contributed by atoms with E-state index in [0.717, 1.165) is 0 Å². The number of anilines is 1. The summed E-state index contributed by atoms with van der Waals surface area (Å²) in [4.78, 5) is 24.2. The Labute approximate surface area is 139 Å². The molecular weight excluding hydrogens is 308 g/mol. The summed E-state index contributed by atoms with van der Waals surface area (Å²) in [7, 11) is 0. The first-order valence-corrected chi connectivity index (χ1v) is 7.65. The number of benzene rings is 2. The van der Waals surface area contributed by atoms with E-state index in [0.29, 0.717) is 28.3 Å². The minimum Gasteiger partial charge on any atom is -0.454 e. The lowest BCUT2D eigenvalue weighted by molar-refractivity contribution is 0.0942. The second-order valence-corrected chi connectivity index (χ2v) is 5.73. The van der Waals surface area contributed by atoms with Crippen LogP contribution in [0.5, 0.6) is 11.5 Å². The molecule has 0 atom stereocenters. The van der Waals surface area contributed by atoms with Gasteiger partial charge in [0.05, 0.1) is 0 Å². The molecule has 124 valence electrons. The Hall–Kier alpha value is -3.02. The molecule has 0 saturated heterocycles. The smallest absolute Gasteiger partial charge is 0.255 e. The van der Waals surface area contributed by atoms with Gasteiger partial charge in [0, 0.05) is 22.9 Å². The van der Waals surface area contributed by atoms with Crippen LogP contribution in [0.4, 0.5) is 5.69 Å². The first kappa shape index (κ1) is 15.9. The Bertz CT molecular complexity index is 769. The molecule has 2 amide bonds. The van der Waals surface area contributed by atoms with E-state index in [1.165, 1.54) is 0 Å². The quantitative estimate of drug-likeness (QED) is 0.906. The highest BCUT2D eigenvalue weighted by Crippen LogP contribution is 2.32. The molecule has 0 spiro atoms. The molecule has 0 unspecified atom stereocenters. The molecule has 6 nitrogen and oxygen atoms in total. The maximum atomic E-state index is 12.3. The molecule has 0 saturated carbocycles. The number of amides is 2. The van der Waals surface area contributed by atoms with Crippen molar-refractivity contribution in [1.29, 1.82) is 0 Å². The first-order chi connectivity index (χ1) is 11.5. The molecule has 0 bridgehead atoms. The van der Waals surface area contributed by atoms with Crippen molar-refractivity contribution >= 4 is 17.5 Å². The van der Waals surface area contributed by atoms with Gasteiger partial charge in [0.1, 0.15) is 0 Å². The number of ether oxygens (including phenoxy) is 2. The largest absolute Gasteiger partial charge is 0.454 e. The molecule has 0 radical (unpaired) electrons. The van der Waals surface area contributed by atoms with Gasteiger partial charge in [-0.05, 0) is 56.3 Å². The van der Waals surface area contributed by atoms with Crippen molar-refractivity contribution in [2.45, 2.75) is 19.9 Å². The molecule has 1 heterocycles. The Kier molecular flexibility index (Phi) is 4.37. The van der Waals surface area contributed by atoms with Crippen molar-refractivity contribution in [2.75, 3.05) is 12.1 Å². The van der Waals surface area contributed by atoms with Gasteiger partial charge in [-0.2, -0.15) is 0 Å². The molecule has 0 fully saturated rings. The number of nitrogens with one attached hydrogen (secondary N) is 2. The topological polar surface area (TPSA) is 76.7 Å². The number of hydrogen-bond acceptors (Lipinski definition) is 4. The summed E-state index contributed by atoms with van der Waals surface area (Å²) in [5, 5.41) is 5.61.